The quantitative estimate of drug-likeness (QED) is 0.481. The van der Waals surface area contributed by atoms with Crippen LogP contribution >= 0.6 is 23.1 Å². The first-order chi connectivity index (χ1) is 12.0. The van der Waals surface area contributed by atoms with Crippen LogP contribution in [-0.2, 0) is 4.79 Å². The minimum absolute atomic E-state index is 0.0631. The summed E-state index contributed by atoms with van der Waals surface area (Å²) < 4.78 is 1.55. The molecule has 2 heterocycles. The number of benzene rings is 1. The van der Waals surface area contributed by atoms with Crippen LogP contribution in [0.25, 0.3) is 10.2 Å². The summed E-state index contributed by atoms with van der Waals surface area (Å²) in [5.74, 6) is 0.144. The van der Waals surface area contributed by atoms with E-state index in [0.29, 0.717) is 0 Å². The molecule has 3 rings (SSSR count). The fourth-order valence-corrected chi connectivity index (χ4v) is 5.24. The lowest BCUT2D eigenvalue weighted by atomic mass is 10.3. The SMILES string of the molecule is CC[NH+]1CCN(C(=O)[C@@H](C)Sc2nc3ccc([N+](=O)[O-])cc3s2)CC1. The van der Waals surface area contributed by atoms with Gasteiger partial charge < -0.3 is 9.80 Å². The van der Waals surface area contributed by atoms with Crippen molar-refractivity contribution in [2.75, 3.05) is 32.7 Å². The molecule has 0 aliphatic carbocycles. The summed E-state index contributed by atoms with van der Waals surface area (Å²) in [5, 5.41) is 10.7. The first-order valence-corrected chi connectivity index (χ1v) is 10.0. The minimum Gasteiger partial charge on any atom is -0.332 e. The number of thioether (sulfide) groups is 1. The molecule has 0 unspecified atom stereocenters. The Morgan fingerprint density at radius 1 is 1.48 bits per heavy atom. The summed E-state index contributed by atoms with van der Waals surface area (Å²) in [7, 11) is 0. The predicted octanol–water partition coefficient (Wildman–Crippen LogP) is 1.43. The Morgan fingerprint density at radius 2 is 2.20 bits per heavy atom. The number of nitro benzene ring substituents is 1. The van der Waals surface area contributed by atoms with Gasteiger partial charge in [-0.05, 0) is 19.9 Å². The monoisotopic (exact) mass is 381 g/mol. The molecule has 0 bridgehead atoms. The number of carbonyl (C=O) groups is 1. The van der Waals surface area contributed by atoms with Gasteiger partial charge in [0.2, 0.25) is 5.91 Å². The lowest BCUT2D eigenvalue weighted by Crippen LogP contribution is -3.14. The van der Waals surface area contributed by atoms with Crippen molar-refractivity contribution >= 4 is 44.9 Å². The number of piperazine rings is 1. The third kappa shape index (κ3) is 4.10. The van der Waals surface area contributed by atoms with Gasteiger partial charge in [-0.25, -0.2) is 4.98 Å². The van der Waals surface area contributed by atoms with E-state index in [2.05, 4.69) is 11.9 Å². The number of hydrogen-bond donors (Lipinski definition) is 1. The molecular weight excluding hydrogens is 360 g/mol. The number of likely N-dealkylation sites (N-methyl/N-ethyl adjacent to an activating group) is 1. The molecule has 1 N–H and O–H groups in total. The summed E-state index contributed by atoms with van der Waals surface area (Å²) in [6.07, 6.45) is 0. The molecular formula is C16H21N4O3S2+. The van der Waals surface area contributed by atoms with Crippen LogP contribution in [0.4, 0.5) is 5.69 Å². The third-order valence-electron chi connectivity index (χ3n) is 4.47. The van der Waals surface area contributed by atoms with E-state index in [0.717, 1.165) is 47.3 Å². The Morgan fingerprint density at radius 3 is 2.84 bits per heavy atom. The van der Waals surface area contributed by atoms with Gasteiger partial charge in [0.15, 0.2) is 4.34 Å². The fourth-order valence-electron chi connectivity index (χ4n) is 2.91. The lowest BCUT2D eigenvalue weighted by Gasteiger charge is -2.32. The number of thiazole rings is 1. The highest BCUT2D eigenvalue weighted by atomic mass is 32.2. The van der Waals surface area contributed by atoms with Crippen LogP contribution < -0.4 is 4.90 Å². The molecule has 1 amide bonds. The number of nitro groups is 1. The summed E-state index contributed by atoms with van der Waals surface area (Å²) in [5.41, 5.74) is 0.797. The van der Waals surface area contributed by atoms with E-state index in [1.807, 2.05) is 11.8 Å². The normalized spacial score (nSPS) is 17.0. The molecule has 1 saturated heterocycles. The zero-order valence-corrected chi connectivity index (χ0v) is 15.9. The van der Waals surface area contributed by atoms with E-state index in [9.17, 15) is 14.9 Å². The number of hydrogen-bond acceptors (Lipinski definition) is 6. The van der Waals surface area contributed by atoms with Crippen LogP contribution in [0.1, 0.15) is 13.8 Å². The van der Waals surface area contributed by atoms with E-state index in [-0.39, 0.29) is 16.8 Å². The van der Waals surface area contributed by atoms with E-state index in [1.165, 1.54) is 40.1 Å². The summed E-state index contributed by atoms with van der Waals surface area (Å²) in [6, 6.07) is 4.66. The molecule has 1 fully saturated rings. The van der Waals surface area contributed by atoms with Crippen LogP contribution in [-0.4, -0.2) is 58.7 Å². The van der Waals surface area contributed by atoms with Crippen molar-refractivity contribution in [2.24, 2.45) is 0 Å². The molecule has 0 spiro atoms. The smallest absolute Gasteiger partial charge is 0.270 e. The van der Waals surface area contributed by atoms with Crippen molar-refractivity contribution in [2.45, 2.75) is 23.4 Å². The number of non-ortho nitro benzene ring substituents is 1. The van der Waals surface area contributed by atoms with Gasteiger partial charge in [-0.1, -0.05) is 11.8 Å². The first kappa shape index (κ1) is 18.1. The highest BCUT2D eigenvalue weighted by molar-refractivity contribution is 8.02. The number of quaternary nitrogens is 1. The zero-order chi connectivity index (χ0) is 18.0. The molecule has 1 aliphatic rings. The summed E-state index contributed by atoms with van der Waals surface area (Å²) >= 11 is 2.83. The van der Waals surface area contributed by atoms with Gasteiger partial charge in [-0.3, -0.25) is 14.9 Å². The molecule has 2 aromatic rings. The second-order valence-corrected chi connectivity index (χ2v) is 8.70. The molecule has 25 heavy (non-hydrogen) atoms. The fraction of sp³-hybridized carbons (Fsp3) is 0.500. The summed E-state index contributed by atoms with van der Waals surface area (Å²) in [6.45, 7) is 8.79. The standard InChI is InChI=1S/C16H20N4O3S2/c1-3-18-6-8-19(9-7-18)15(21)11(2)24-16-17-13-5-4-12(20(22)23)10-14(13)25-16/h4-5,10-11H,3,6-9H2,1-2H3/p+1/t11-/m1/s1. The van der Waals surface area contributed by atoms with Gasteiger partial charge in [0.25, 0.3) is 5.69 Å². The van der Waals surface area contributed by atoms with Crippen LogP contribution in [0.3, 0.4) is 0 Å². The number of nitrogens with zero attached hydrogens (tertiary/aromatic N) is 3. The van der Waals surface area contributed by atoms with Crippen LogP contribution in [0.5, 0.6) is 0 Å². The molecule has 1 atom stereocenters. The Bertz CT molecular complexity index is 787. The largest absolute Gasteiger partial charge is 0.332 e. The van der Waals surface area contributed by atoms with Gasteiger partial charge in [0.05, 0.1) is 53.1 Å². The van der Waals surface area contributed by atoms with E-state index in [4.69, 9.17) is 0 Å². The highest BCUT2D eigenvalue weighted by Gasteiger charge is 2.27. The molecule has 9 heteroatoms. The van der Waals surface area contributed by atoms with E-state index in [1.54, 1.807) is 6.07 Å². The Balaban J connectivity index is 1.66. The predicted molar refractivity (Wildman–Crippen MR) is 99.4 cm³/mol. The lowest BCUT2D eigenvalue weighted by molar-refractivity contribution is -0.902. The Hall–Kier alpha value is -1.71. The van der Waals surface area contributed by atoms with Gasteiger partial charge in [0, 0.05) is 12.1 Å². The number of aromatic nitrogens is 1. The highest BCUT2D eigenvalue weighted by Crippen LogP contribution is 2.34. The van der Waals surface area contributed by atoms with E-state index < -0.39 is 4.92 Å². The van der Waals surface area contributed by atoms with Gasteiger partial charge in [-0.2, -0.15) is 0 Å². The van der Waals surface area contributed by atoms with Crippen molar-refractivity contribution in [1.82, 2.24) is 9.88 Å². The van der Waals surface area contributed by atoms with Crippen LogP contribution in [0, 0.1) is 10.1 Å². The van der Waals surface area contributed by atoms with Gasteiger partial charge in [-0.15, -0.1) is 11.3 Å². The van der Waals surface area contributed by atoms with Crippen molar-refractivity contribution in [1.29, 1.82) is 0 Å². The minimum atomic E-state index is -0.407. The average molecular weight is 382 g/mol. The molecule has 1 aromatic carbocycles. The third-order valence-corrected chi connectivity index (χ3v) is 6.67. The van der Waals surface area contributed by atoms with Gasteiger partial charge >= 0.3 is 0 Å². The second kappa shape index (κ2) is 7.67. The van der Waals surface area contributed by atoms with Crippen molar-refractivity contribution in [3.63, 3.8) is 0 Å². The Labute approximate surface area is 154 Å². The molecule has 7 nitrogen and oxygen atoms in total. The number of amides is 1. The van der Waals surface area contributed by atoms with Crippen molar-refractivity contribution in [3.05, 3.63) is 28.3 Å². The first-order valence-electron chi connectivity index (χ1n) is 8.32. The number of nitrogens with one attached hydrogen (secondary N) is 1. The van der Waals surface area contributed by atoms with E-state index >= 15 is 0 Å². The topological polar surface area (TPSA) is 80.8 Å². The molecule has 134 valence electrons. The van der Waals surface area contributed by atoms with Gasteiger partial charge in [0.1, 0.15) is 0 Å². The second-order valence-electron chi connectivity index (χ2n) is 6.08. The molecule has 0 saturated carbocycles. The number of rotatable bonds is 5. The number of carbonyl (C=O) groups excluding carboxylic acids is 1. The zero-order valence-electron chi connectivity index (χ0n) is 14.2. The maximum Gasteiger partial charge on any atom is 0.270 e. The maximum absolute atomic E-state index is 12.6. The summed E-state index contributed by atoms with van der Waals surface area (Å²) in [4.78, 5) is 31.1. The molecule has 1 aromatic heterocycles. The van der Waals surface area contributed by atoms with Crippen LogP contribution in [0.2, 0.25) is 0 Å². The molecule has 1 aliphatic heterocycles. The van der Waals surface area contributed by atoms with Crippen molar-refractivity contribution in [3.8, 4) is 0 Å². The molecule has 0 radical (unpaired) electrons. The van der Waals surface area contributed by atoms with Crippen molar-refractivity contribution < 1.29 is 14.6 Å². The van der Waals surface area contributed by atoms with Crippen LogP contribution in [0.15, 0.2) is 22.5 Å². The average Bonchev–Trinajstić information content (AvgIpc) is 3.02. The Kier molecular flexibility index (Phi) is 5.55. The maximum atomic E-state index is 12.6. The number of fused-ring (bicyclic) bond motifs is 1.